The van der Waals surface area contributed by atoms with Crippen LogP contribution in [0.4, 0.5) is 0 Å². The minimum absolute atomic E-state index is 0.0570. The van der Waals surface area contributed by atoms with Gasteiger partial charge in [0.25, 0.3) is 0 Å². The van der Waals surface area contributed by atoms with Crippen molar-refractivity contribution in [3.05, 3.63) is 83.0 Å². The number of carbonyl (C=O) groups excluding carboxylic acids is 2. The topological polar surface area (TPSA) is 70.4 Å². The van der Waals surface area contributed by atoms with E-state index in [1.54, 1.807) is 28.9 Å². The van der Waals surface area contributed by atoms with Crippen molar-refractivity contribution in [3.63, 3.8) is 0 Å². The fourth-order valence-corrected chi connectivity index (χ4v) is 3.07. The average molecular weight is 392 g/mol. The summed E-state index contributed by atoms with van der Waals surface area (Å²) in [5, 5.41) is 4.46. The molecular formula is C23H24N2O4. The molecule has 0 saturated carbocycles. The lowest BCUT2D eigenvalue weighted by atomic mass is 10.1. The van der Waals surface area contributed by atoms with Gasteiger partial charge in [-0.1, -0.05) is 62.4 Å². The molecular weight excluding hydrogens is 368 g/mol. The minimum Gasteiger partial charge on any atom is -0.471 e. The second-order valence-electron chi connectivity index (χ2n) is 6.88. The molecule has 0 bridgehead atoms. The predicted octanol–water partition coefficient (Wildman–Crippen LogP) is 4.26. The van der Waals surface area contributed by atoms with E-state index in [0.29, 0.717) is 30.2 Å². The van der Waals surface area contributed by atoms with Crippen LogP contribution in [0.2, 0.25) is 0 Å². The molecule has 0 aliphatic heterocycles. The van der Waals surface area contributed by atoms with Crippen LogP contribution < -0.4 is 4.74 Å². The molecule has 1 aromatic heterocycles. The first-order valence-electron chi connectivity index (χ1n) is 9.55. The Bertz CT molecular complexity index is 950. The van der Waals surface area contributed by atoms with Crippen molar-refractivity contribution in [3.8, 4) is 5.88 Å². The fraction of sp³-hybridized carbons (Fsp3) is 0.261. The highest BCUT2D eigenvalue weighted by Crippen LogP contribution is 2.27. The van der Waals surface area contributed by atoms with E-state index in [1.165, 1.54) is 0 Å². The summed E-state index contributed by atoms with van der Waals surface area (Å²) in [4.78, 5) is 23.8. The highest BCUT2D eigenvalue weighted by atomic mass is 16.5. The van der Waals surface area contributed by atoms with Crippen LogP contribution in [0.1, 0.15) is 51.7 Å². The van der Waals surface area contributed by atoms with E-state index in [0.717, 1.165) is 17.5 Å². The summed E-state index contributed by atoms with van der Waals surface area (Å²) >= 11 is 0. The molecule has 29 heavy (non-hydrogen) atoms. The van der Waals surface area contributed by atoms with E-state index >= 15 is 0 Å². The lowest BCUT2D eigenvalue weighted by Crippen LogP contribution is -2.15. The largest absolute Gasteiger partial charge is 0.471 e. The summed E-state index contributed by atoms with van der Waals surface area (Å²) in [6.45, 7) is 4.77. The van der Waals surface area contributed by atoms with Crippen molar-refractivity contribution in [1.82, 2.24) is 9.78 Å². The summed E-state index contributed by atoms with van der Waals surface area (Å²) in [6.07, 6.45) is 0.773. The third-order valence-electron chi connectivity index (χ3n) is 4.42. The number of hydrogen-bond donors (Lipinski definition) is 0. The maximum Gasteiger partial charge on any atom is 0.338 e. The lowest BCUT2D eigenvalue weighted by Gasteiger charge is -2.11. The van der Waals surface area contributed by atoms with Gasteiger partial charge in [0.2, 0.25) is 5.88 Å². The number of aromatic nitrogens is 2. The van der Waals surface area contributed by atoms with E-state index in [9.17, 15) is 9.59 Å². The average Bonchev–Trinajstić information content (AvgIpc) is 3.11. The molecule has 1 heterocycles. The molecule has 6 nitrogen and oxygen atoms in total. The Morgan fingerprint density at radius 2 is 1.72 bits per heavy atom. The molecule has 0 radical (unpaired) electrons. The minimum atomic E-state index is -0.389. The number of aldehydes is 1. The number of ether oxygens (including phenoxy) is 2. The van der Waals surface area contributed by atoms with E-state index in [1.807, 2.05) is 50.2 Å². The van der Waals surface area contributed by atoms with Crippen LogP contribution in [0.15, 0.2) is 60.7 Å². The summed E-state index contributed by atoms with van der Waals surface area (Å²) < 4.78 is 12.8. The van der Waals surface area contributed by atoms with Crippen LogP contribution in [0.25, 0.3) is 0 Å². The lowest BCUT2D eigenvalue weighted by molar-refractivity contribution is 0.0486. The van der Waals surface area contributed by atoms with Crippen LogP contribution in [-0.2, 0) is 17.9 Å². The molecule has 3 aromatic rings. The first-order chi connectivity index (χ1) is 14.1. The normalized spacial score (nSPS) is 10.7. The van der Waals surface area contributed by atoms with Gasteiger partial charge in [-0.25, -0.2) is 4.79 Å². The van der Waals surface area contributed by atoms with Gasteiger partial charge >= 0.3 is 5.97 Å². The van der Waals surface area contributed by atoms with Gasteiger partial charge in [-0.05, 0) is 23.6 Å². The molecule has 0 aliphatic carbocycles. The maximum atomic E-state index is 12.1. The smallest absolute Gasteiger partial charge is 0.338 e. The Kier molecular flexibility index (Phi) is 6.79. The molecule has 0 atom stereocenters. The SMILES string of the molecule is CC(C)c1c(C=O)c(OCc2ccccc2)nn1CCOC(=O)c1ccccc1. The molecule has 0 saturated heterocycles. The number of esters is 1. The zero-order chi connectivity index (χ0) is 20.6. The zero-order valence-corrected chi connectivity index (χ0v) is 16.6. The number of nitrogens with zero attached hydrogens (tertiary/aromatic N) is 2. The van der Waals surface area contributed by atoms with Crippen LogP contribution in [0, 0.1) is 0 Å². The highest BCUT2D eigenvalue weighted by Gasteiger charge is 2.21. The van der Waals surface area contributed by atoms with Crippen molar-refractivity contribution in [2.75, 3.05) is 6.61 Å². The van der Waals surface area contributed by atoms with Gasteiger partial charge in [-0.2, -0.15) is 0 Å². The quantitative estimate of drug-likeness (QED) is 0.402. The van der Waals surface area contributed by atoms with Gasteiger partial charge in [0.1, 0.15) is 13.2 Å². The summed E-state index contributed by atoms with van der Waals surface area (Å²) in [7, 11) is 0. The third kappa shape index (κ3) is 5.10. The van der Waals surface area contributed by atoms with E-state index < -0.39 is 0 Å². The van der Waals surface area contributed by atoms with Gasteiger partial charge in [0, 0.05) is 0 Å². The van der Waals surface area contributed by atoms with Gasteiger partial charge in [-0.3, -0.25) is 9.48 Å². The van der Waals surface area contributed by atoms with Gasteiger partial charge in [0.15, 0.2) is 6.29 Å². The van der Waals surface area contributed by atoms with E-state index in [-0.39, 0.29) is 18.5 Å². The first-order valence-corrected chi connectivity index (χ1v) is 9.55. The molecule has 0 spiro atoms. The standard InChI is InChI=1S/C23H24N2O4/c1-17(2)21-20(15-26)22(29-16-18-9-5-3-6-10-18)24-25(21)13-14-28-23(27)19-11-7-4-8-12-19/h3-12,15,17H,13-14,16H2,1-2H3. The maximum absolute atomic E-state index is 12.1. The van der Waals surface area contributed by atoms with Gasteiger partial charge < -0.3 is 9.47 Å². The fourth-order valence-electron chi connectivity index (χ4n) is 3.07. The van der Waals surface area contributed by atoms with Crippen molar-refractivity contribution in [1.29, 1.82) is 0 Å². The molecule has 6 heteroatoms. The first kappa shape index (κ1) is 20.3. The van der Waals surface area contributed by atoms with Crippen molar-refractivity contribution < 1.29 is 19.1 Å². The summed E-state index contributed by atoms with van der Waals surface area (Å²) in [6, 6.07) is 18.5. The molecule has 150 valence electrons. The predicted molar refractivity (Wildman–Crippen MR) is 109 cm³/mol. The zero-order valence-electron chi connectivity index (χ0n) is 16.6. The second-order valence-corrected chi connectivity index (χ2v) is 6.88. The number of carbonyl (C=O) groups is 2. The molecule has 3 rings (SSSR count). The van der Waals surface area contributed by atoms with Crippen LogP contribution >= 0.6 is 0 Å². The van der Waals surface area contributed by atoms with Crippen molar-refractivity contribution in [2.45, 2.75) is 32.9 Å². The van der Waals surface area contributed by atoms with Gasteiger partial charge in [-0.15, -0.1) is 5.10 Å². The molecule has 0 unspecified atom stereocenters. The number of hydrogen-bond acceptors (Lipinski definition) is 5. The Morgan fingerprint density at radius 1 is 1.07 bits per heavy atom. The van der Waals surface area contributed by atoms with Crippen LogP contribution in [-0.4, -0.2) is 28.6 Å². The molecule has 2 aromatic carbocycles. The van der Waals surface area contributed by atoms with Crippen LogP contribution in [0.5, 0.6) is 5.88 Å². The van der Waals surface area contributed by atoms with Crippen molar-refractivity contribution >= 4 is 12.3 Å². The van der Waals surface area contributed by atoms with Crippen LogP contribution in [0.3, 0.4) is 0 Å². The molecule has 0 fully saturated rings. The monoisotopic (exact) mass is 392 g/mol. The molecule has 0 amide bonds. The highest BCUT2D eigenvalue weighted by molar-refractivity contribution is 5.89. The molecule has 0 aliphatic rings. The van der Waals surface area contributed by atoms with Gasteiger partial charge in [0.05, 0.1) is 23.4 Å². The number of benzene rings is 2. The Morgan fingerprint density at radius 3 is 2.34 bits per heavy atom. The third-order valence-corrected chi connectivity index (χ3v) is 4.42. The van der Waals surface area contributed by atoms with E-state index in [4.69, 9.17) is 9.47 Å². The summed E-state index contributed by atoms with van der Waals surface area (Å²) in [5.41, 5.74) is 2.68. The number of rotatable bonds is 9. The summed E-state index contributed by atoms with van der Waals surface area (Å²) in [5.74, 6) is -0.0384. The Balaban J connectivity index is 1.71. The molecule has 0 N–H and O–H groups in total. The Hall–Kier alpha value is -3.41. The second kappa shape index (κ2) is 9.68. The van der Waals surface area contributed by atoms with Crippen molar-refractivity contribution in [2.24, 2.45) is 0 Å². The Labute approximate surface area is 170 Å². The van der Waals surface area contributed by atoms with E-state index in [2.05, 4.69) is 5.10 Å².